The van der Waals surface area contributed by atoms with Gasteiger partial charge in [0.05, 0.1) is 22.1 Å². The minimum absolute atomic E-state index is 0.207. The minimum atomic E-state index is -0.300. The van der Waals surface area contributed by atoms with Crippen molar-refractivity contribution >= 4 is 23.2 Å². The van der Waals surface area contributed by atoms with Gasteiger partial charge in [-0.2, -0.15) is 0 Å². The molecule has 4 N–H and O–H groups in total. The Morgan fingerprint density at radius 2 is 1.75 bits per heavy atom. The Kier molecular flexibility index (Phi) is 3.39. The average Bonchev–Trinajstić information content (AvgIpc) is 2.56. The van der Waals surface area contributed by atoms with Gasteiger partial charge in [0.1, 0.15) is 5.82 Å². The highest BCUT2D eigenvalue weighted by Gasteiger charge is 2.24. The number of hydrogen-bond acceptors (Lipinski definition) is 4. The number of anilines is 2. The number of rotatable bonds is 1. The van der Waals surface area contributed by atoms with Crippen LogP contribution < -0.4 is 11.5 Å². The maximum absolute atomic E-state index is 13.3. The smallest absolute Gasteiger partial charge is 0.220 e. The number of aryl methyl sites for hydroxylation is 2. The van der Waals surface area contributed by atoms with E-state index in [1.165, 1.54) is 12.1 Å². The van der Waals surface area contributed by atoms with Crippen LogP contribution in [0.1, 0.15) is 11.3 Å². The number of fused-ring (bicyclic) bond motifs is 3. The summed E-state index contributed by atoms with van der Waals surface area (Å²) in [4.78, 5) is 8.79. The number of halogens is 2. The third kappa shape index (κ3) is 2.37. The molecule has 0 aliphatic heterocycles. The standard InChI is InChI=1S/C18H14ClFN4/c19-13-7-10-3-6-15-16(12(10)8-14(13)21)17(24-18(22)23-15)9-1-4-11(20)5-2-9/h1-2,4-5,7-8H,3,6,21H2,(H2,22,23,24). The van der Waals surface area contributed by atoms with Crippen molar-refractivity contribution < 1.29 is 4.39 Å². The van der Waals surface area contributed by atoms with Crippen molar-refractivity contribution in [3.63, 3.8) is 0 Å². The molecule has 120 valence electrons. The van der Waals surface area contributed by atoms with Crippen LogP contribution in [0.5, 0.6) is 0 Å². The molecule has 1 heterocycles. The van der Waals surface area contributed by atoms with Crippen molar-refractivity contribution in [1.29, 1.82) is 0 Å². The monoisotopic (exact) mass is 340 g/mol. The van der Waals surface area contributed by atoms with Crippen LogP contribution in [0.2, 0.25) is 5.02 Å². The molecule has 1 aliphatic carbocycles. The number of benzene rings is 2. The van der Waals surface area contributed by atoms with E-state index < -0.39 is 0 Å². The zero-order valence-electron chi connectivity index (χ0n) is 12.7. The van der Waals surface area contributed by atoms with Crippen LogP contribution in [0, 0.1) is 5.82 Å². The van der Waals surface area contributed by atoms with E-state index in [9.17, 15) is 4.39 Å². The largest absolute Gasteiger partial charge is 0.398 e. The zero-order chi connectivity index (χ0) is 16.8. The van der Waals surface area contributed by atoms with Crippen LogP contribution in [-0.2, 0) is 12.8 Å². The Bertz CT molecular complexity index is 954. The molecule has 1 aliphatic rings. The predicted molar refractivity (Wildman–Crippen MR) is 94.1 cm³/mol. The first-order chi connectivity index (χ1) is 11.5. The number of nitrogens with two attached hydrogens (primary N) is 2. The van der Waals surface area contributed by atoms with Crippen LogP contribution in [-0.4, -0.2) is 9.97 Å². The first-order valence-electron chi connectivity index (χ1n) is 7.53. The van der Waals surface area contributed by atoms with Gasteiger partial charge in [-0.15, -0.1) is 0 Å². The molecule has 0 saturated carbocycles. The predicted octanol–water partition coefficient (Wildman–Crippen LogP) is 3.87. The molecule has 0 atom stereocenters. The Hall–Kier alpha value is -2.66. The third-order valence-corrected chi connectivity index (χ3v) is 4.57. The van der Waals surface area contributed by atoms with Crippen molar-refractivity contribution in [2.45, 2.75) is 12.8 Å². The fraction of sp³-hybridized carbons (Fsp3) is 0.111. The van der Waals surface area contributed by atoms with Crippen LogP contribution in [0.25, 0.3) is 22.4 Å². The summed E-state index contributed by atoms with van der Waals surface area (Å²) in [5.74, 6) is -0.0930. The molecule has 0 fully saturated rings. The quantitative estimate of drug-likeness (QED) is 0.659. The molecular weight excluding hydrogens is 327 g/mol. The lowest BCUT2D eigenvalue weighted by molar-refractivity contribution is 0.628. The Morgan fingerprint density at radius 1 is 1.00 bits per heavy atom. The molecule has 0 bridgehead atoms. The second-order valence-corrected chi connectivity index (χ2v) is 6.20. The lowest BCUT2D eigenvalue weighted by Crippen LogP contribution is -2.12. The van der Waals surface area contributed by atoms with E-state index >= 15 is 0 Å². The van der Waals surface area contributed by atoms with Crippen molar-refractivity contribution in [2.24, 2.45) is 0 Å². The van der Waals surface area contributed by atoms with Crippen LogP contribution >= 0.6 is 11.6 Å². The van der Waals surface area contributed by atoms with Crippen LogP contribution in [0.4, 0.5) is 16.0 Å². The minimum Gasteiger partial charge on any atom is -0.398 e. The molecular formula is C18H14ClFN4. The van der Waals surface area contributed by atoms with E-state index in [1.54, 1.807) is 12.1 Å². The van der Waals surface area contributed by atoms with Gasteiger partial charge in [0, 0.05) is 11.1 Å². The van der Waals surface area contributed by atoms with E-state index in [1.807, 2.05) is 12.1 Å². The third-order valence-electron chi connectivity index (χ3n) is 4.24. The van der Waals surface area contributed by atoms with Crippen molar-refractivity contribution in [3.05, 3.63) is 58.5 Å². The van der Waals surface area contributed by atoms with Crippen molar-refractivity contribution in [2.75, 3.05) is 11.5 Å². The molecule has 1 aromatic heterocycles. The first-order valence-corrected chi connectivity index (χ1v) is 7.91. The molecule has 0 spiro atoms. The van der Waals surface area contributed by atoms with Crippen LogP contribution in [0.15, 0.2) is 36.4 Å². The second-order valence-electron chi connectivity index (χ2n) is 5.79. The van der Waals surface area contributed by atoms with Gasteiger partial charge in [0.15, 0.2) is 0 Å². The molecule has 3 aromatic rings. The number of nitrogens with zero attached hydrogens (tertiary/aromatic N) is 2. The van der Waals surface area contributed by atoms with Gasteiger partial charge >= 0.3 is 0 Å². The fourth-order valence-corrected chi connectivity index (χ4v) is 3.32. The molecule has 4 rings (SSSR count). The summed E-state index contributed by atoms with van der Waals surface area (Å²) in [6.07, 6.45) is 1.55. The SMILES string of the molecule is Nc1nc2c(c(-c3ccc(F)cc3)n1)-c1cc(N)c(Cl)cc1CC2. The summed E-state index contributed by atoms with van der Waals surface area (Å²) in [6, 6.07) is 9.91. The summed E-state index contributed by atoms with van der Waals surface area (Å²) in [7, 11) is 0. The van der Waals surface area contributed by atoms with E-state index in [-0.39, 0.29) is 11.8 Å². The molecule has 0 amide bonds. The summed E-state index contributed by atoms with van der Waals surface area (Å²) in [5, 5.41) is 0.539. The van der Waals surface area contributed by atoms with Gasteiger partial charge in [-0.25, -0.2) is 14.4 Å². The molecule has 24 heavy (non-hydrogen) atoms. The topological polar surface area (TPSA) is 77.8 Å². The van der Waals surface area contributed by atoms with Gasteiger partial charge < -0.3 is 11.5 Å². The Labute approximate surface area is 143 Å². The van der Waals surface area contributed by atoms with Gasteiger partial charge in [-0.05, 0) is 60.4 Å². The maximum Gasteiger partial charge on any atom is 0.220 e. The highest BCUT2D eigenvalue weighted by molar-refractivity contribution is 6.33. The van der Waals surface area contributed by atoms with E-state index in [0.29, 0.717) is 16.4 Å². The lowest BCUT2D eigenvalue weighted by Gasteiger charge is -2.22. The molecule has 0 saturated heterocycles. The Balaban J connectivity index is 2.02. The lowest BCUT2D eigenvalue weighted by atomic mass is 9.86. The van der Waals surface area contributed by atoms with Crippen molar-refractivity contribution in [3.8, 4) is 22.4 Å². The van der Waals surface area contributed by atoms with Crippen molar-refractivity contribution in [1.82, 2.24) is 9.97 Å². The molecule has 6 heteroatoms. The number of aromatic nitrogens is 2. The summed E-state index contributed by atoms with van der Waals surface area (Å²) in [6.45, 7) is 0. The normalized spacial score (nSPS) is 12.6. The van der Waals surface area contributed by atoms with E-state index in [4.69, 9.17) is 23.1 Å². The summed E-state index contributed by atoms with van der Waals surface area (Å²) < 4.78 is 13.3. The van der Waals surface area contributed by atoms with Gasteiger partial charge in [-0.3, -0.25) is 0 Å². The van der Waals surface area contributed by atoms with Gasteiger partial charge in [-0.1, -0.05) is 11.6 Å². The Morgan fingerprint density at radius 3 is 2.50 bits per heavy atom. The van der Waals surface area contributed by atoms with E-state index in [0.717, 1.165) is 40.8 Å². The highest BCUT2D eigenvalue weighted by atomic mass is 35.5. The van der Waals surface area contributed by atoms with E-state index in [2.05, 4.69) is 9.97 Å². The van der Waals surface area contributed by atoms with Gasteiger partial charge in [0.2, 0.25) is 5.95 Å². The van der Waals surface area contributed by atoms with Crippen LogP contribution in [0.3, 0.4) is 0 Å². The molecule has 4 nitrogen and oxygen atoms in total. The first kappa shape index (κ1) is 14.9. The number of nitrogen functional groups attached to an aromatic ring is 2. The molecule has 0 unspecified atom stereocenters. The molecule has 0 radical (unpaired) electrons. The fourth-order valence-electron chi connectivity index (χ4n) is 3.13. The second kappa shape index (κ2) is 5.46. The zero-order valence-corrected chi connectivity index (χ0v) is 13.4. The number of hydrogen-bond donors (Lipinski definition) is 2. The highest BCUT2D eigenvalue weighted by Crippen LogP contribution is 2.41. The molecule has 2 aromatic carbocycles. The average molecular weight is 341 g/mol. The summed E-state index contributed by atoms with van der Waals surface area (Å²) >= 11 is 6.15. The maximum atomic E-state index is 13.3. The van der Waals surface area contributed by atoms with Gasteiger partial charge in [0.25, 0.3) is 0 Å². The summed E-state index contributed by atoms with van der Waals surface area (Å²) in [5.41, 5.74) is 17.7.